The van der Waals surface area contributed by atoms with Gasteiger partial charge in [0, 0.05) is 29.8 Å². The monoisotopic (exact) mass is 425 g/mol. The van der Waals surface area contributed by atoms with Gasteiger partial charge >= 0.3 is 0 Å². The third kappa shape index (κ3) is 4.06. The lowest BCUT2D eigenvalue weighted by Crippen LogP contribution is -2.38. The normalized spacial score (nSPS) is 15.6. The molecule has 4 rings (SSSR count). The summed E-state index contributed by atoms with van der Waals surface area (Å²) in [6.45, 7) is 2.13. The Balaban J connectivity index is 1.48. The third-order valence-electron chi connectivity index (χ3n) is 4.63. The van der Waals surface area contributed by atoms with Crippen LogP contribution in [0.15, 0.2) is 71.9 Å². The molecule has 2 heterocycles. The molecule has 1 aliphatic rings. The van der Waals surface area contributed by atoms with Crippen molar-refractivity contribution in [3.05, 3.63) is 72.6 Å². The summed E-state index contributed by atoms with van der Waals surface area (Å²) < 4.78 is 27.3. The number of thiocarbonyl (C=S) groups is 1. The minimum Gasteiger partial charge on any atom is -0.332 e. The summed E-state index contributed by atoms with van der Waals surface area (Å²) in [6, 6.07) is 16.4. The molecule has 1 aliphatic heterocycles. The standard InChI is InChI=1S/C20H19N5O2S2/c1-14-13-15-5-2-3-6-18(15)25(14)20(28)23-16-7-9-17(10-8-16)29(26,27)24-19-21-11-4-12-22-19/h2-12,14H,13H2,1H3,(H,23,28)(H,21,22,24). The van der Waals surface area contributed by atoms with Crippen LogP contribution in [0.4, 0.5) is 17.3 Å². The van der Waals surface area contributed by atoms with Gasteiger partial charge in [-0.15, -0.1) is 0 Å². The first-order chi connectivity index (χ1) is 13.9. The number of hydrogen-bond donors (Lipinski definition) is 2. The van der Waals surface area contributed by atoms with Crippen LogP contribution in [0.5, 0.6) is 0 Å². The number of aromatic nitrogens is 2. The molecule has 0 saturated carbocycles. The Hall–Kier alpha value is -3.04. The second-order valence-corrected chi connectivity index (χ2v) is 8.75. The highest BCUT2D eigenvalue weighted by atomic mass is 32.2. The number of sulfonamides is 1. The van der Waals surface area contributed by atoms with E-state index in [1.54, 1.807) is 18.2 Å². The third-order valence-corrected chi connectivity index (χ3v) is 6.28. The SMILES string of the molecule is CC1Cc2ccccc2N1C(=S)Nc1ccc(S(=O)(=O)Nc2ncccn2)cc1. The van der Waals surface area contributed by atoms with Crippen LogP contribution < -0.4 is 14.9 Å². The van der Waals surface area contributed by atoms with Gasteiger partial charge in [-0.3, -0.25) is 0 Å². The molecule has 0 spiro atoms. The van der Waals surface area contributed by atoms with Gasteiger partial charge in [-0.25, -0.2) is 23.1 Å². The van der Waals surface area contributed by atoms with Crippen molar-refractivity contribution in [3.63, 3.8) is 0 Å². The average Bonchev–Trinajstić information content (AvgIpc) is 3.04. The van der Waals surface area contributed by atoms with Gasteiger partial charge in [0.2, 0.25) is 5.95 Å². The molecule has 0 saturated heterocycles. The topological polar surface area (TPSA) is 87.2 Å². The van der Waals surface area contributed by atoms with Crippen LogP contribution >= 0.6 is 12.2 Å². The summed E-state index contributed by atoms with van der Waals surface area (Å²) in [4.78, 5) is 9.96. The van der Waals surface area contributed by atoms with E-state index in [2.05, 4.69) is 44.0 Å². The lowest BCUT2D eigenvalue weighted by molar-refractivity contribution is 0.601. The van der Waals surface area contributed by atoms with Crippen LogP contribution in [0.1, 0.15) is 12.5 Å². The predicted molar refractivity (Wildman–Crippen MR) is 118 cm³/mol. The highest BCUT2D eigenvalue weighted by Gasteiger charge is 2.28. The quantitative estimate of drug-likeness (QED) is 0.619. The fraction of sp³-hybridized carbons (Fsp3) is 0.150. The van der Waals surface area contributed by atoms with Crippen LogP contribution in [0.3, 0.4) is 0 Å². The maximum Gasteiger partial charge on any atom is 0.264 e. The van der Waals surface area contributed by atoms with Gasteiger partial charge in [0.15, 0.2) is 5.11 Å². The van der Waals surface area contributed by atoms with E-state index < -0.39 is 10.0 Å². The molecule has 148 valence electrons. The van der Waals surface area contributed by atoms with E-state index in [4.69, 9.17) is 12.2 Å². The molecule has 0 amide bonds. The number of nitrogens with one attached hydrogen (secondary N) is 2. The first-order valence-electron chi connectivity index (χ1n) is 9.02. The fourth-order valence-electron chi connectivity index (χ4n) is 3.31. The summed E-state index contributed by atoms with van der Waals surface area (Å²) in [5.41, 5.74) is 3.07. The Morgan fingerprint density at radius 2 is 1.76 bits per heavy atom. The number of rotatable bonds is 4. The second-order valence-electron chi connectivity index (χ2n) is 6.68. The van der Waals surface area contributed by atoms with Crippen molar-refractivity contribution in [2.45, 2.75) is 24.3 Å². The summed E-state index contributed by atoms with van der Waals surface area (Å²) in [5.74, 6) is 0.0255. The second kappa shape index (κ2) is 7.76. The Labute approximate surface area is 174 Å². The van der Waals surface area contributed by atoms with Crippen LogP contribution in [-0.4, -0.2) is 29.5 Å². The Bertz CT molecular complexity index is 1140. The summed E-state index contributed by atoms with van der Waals surface area (Å²) in [6.07, 6.45) is 3.87. The van der Waals surface area contributed by atoms with E-state index >= 15 is 0 Å². The van der Waals surface area contributed by atoms with Crippen molar-refractivity contribution < 1.29 is 8.42 Å². The zero-order valence-electron chi connectivity index (χ0n) is 15.6. The Morgan fingerprint density at radius 1 is 1.07 bits per heavy atom. The molecular formula is C20H19N5O2S2. The van der Waals surface area contributed by atoms with Crippen molar-refractivity contribution in [1.29, 1.82) is 0 Å². The van der Waals surface area contributed by atoms with Crippen molar-refractivity contribution in [2.75, 3.05) is 14.9 Å². The van der Waals surface area contributed by atoms with E-state index in [-0.39, 0.29) is 16.9 Å². The van der Waals surface area contributed by atoms with E-state index in [9.17, 15) is 8.42 Å². The molecule has 1 atom stereocenters. The van der Waals surface area contributed by atoms with Crippen molar-refractivity contribution in [2.24, 2.45) is 0 Å². The van der Waals surface area contributed by atoms with Crippen molar-refractivity contribution >= 4 is 44.7 Å². The van der Waals surface area contributed by atoms with Crippen LogP contribution in [0.2, 0.25) is 0 Å². The minimum absolute atomic E-state index is 0.0255. The molecule has 2 N–H and O–H groups in total. The molecule has 0 fully saturated rings. The van der Waals surface area contributed by atoms with Gasteiger partial charge in [0.25, 0.3) is 10.0 Å². The Morgan fingerprint density at radius 3 is 2.48 bits per heavy atom. The van der Waals surface area contributed by atoms with Gasteiger partial charge in [-0.05, 0) is 67.5 Å². The predicted octanol–water partition coefficient (Wildman–Crippen LogP) is 3.43. The number of benzene rings is 2. The summed E-state index contributed by atoms with van der Waals surface area (Å²) in [7, 11) is -3.77. The van der Waals surface area contributed by atoms with E-state index in [0.29, 0.717) is 10.8 Å². The number of nitrogens with zero attached hydrogens (tertiary/aromatic N) is 3. The first-order valence-corrected chi connectivity index (χ1v) is 10.9. The van der Waals surface area contributed by atoms with Gasteiger partial charge in [-0.2, -0.15) is 0 Å². The highest BCUT2D eigenvalue weighted by molar-refractivity contribution is 7.92. The first kappa shape index (κ1) is 19.3. The lowest BCUT2D eigenvalue weighted by Gasteiger charge is -2.26. The summed E-state index contributed by atoms with van der Waals surface area (Å²) in [5, 5.41) is 3.78. The molecule has 3 aromatic rings. The van der Waals surface area contributed by atoms with Crippen molar-refractivity contribution in [3.8, 4) is 0 Å². The lowest BCUT2D eigenvalue weighted by atomic mass is 10.1. The van der Waals surface area contributed by atoms with Crippen molar-refractivity contribution in [1.82, 2.24) is 9.97 Å². The van der Waals surface area contributed by atoms with E-state index in [1.807, 2.05) is 12.1 Å². The largest absolute Gasteiger partial charge is 0.332 e. The molecule has 0 radical (unpaired) electrons. The van der Waals surface area contributed by atoms with Gasteiger partial charge < -0.3 is 10.2 Å². The zero-order valence-corrected chi connectivity index (χ0v) is 17.2. The van der Waals surface area contributed by atoms with Gasteiger partial charge in [0.05, 0.1) is 4.90 Å². The maximum absolute atomic E-state index is 12.5. The molecule has 1 unspecified atom stereocenters. The zero-order chi connectivity index (χ0) is 20.4. The number of para-hydroxylation sites is 1. The number of hydrogen-bond acceptors (Lipinski definition) is 5. The molecule has 2 aromatic carbocycles. The summed E-state index contributed by atoms with van der Waals surface area (Å²) >= 11 is 5.61. The van der Waals surface area contributed by atoms with Crippen LogP contribution in [0.25, 0.3) is 0 Å². The molecular weight excluding hydrogens is 406 g/mol. The fourth-order valence-corrected chi connectivity index (χ4v) is 4.66. The molecule has 9 heteroatoms. The smallest absolute Gasteiger partial charge is 0.264 e. The molecule has 0 bridgehead atoms. The molecule has 0 aliphatic carbocycles. The Kier molecular flexibility index (Phi) is 5.16. The van der Waals surface area contributed by atoms with Crippen LogP contribution in [-0.2, 0) is 16.4 Å². The molecule has 29 heavy (non-hydrogen) atoms. The van der Waals surface area contributed by atoms with Crippen LogP contribution in [0, 0.1) is 0 Å². The average molecular weight is 426 g/mol. The van der Waals surface area contributed by atoms with Gasteiger partial charge in [-0.1, -0.05) is 18.2 Å². The minimum atomic E-state index is -3.77. The highest BCUT2D eigenvalue weighted by Crippen LogP contribution is 2.32. The maximum atomic E-state index is 12.5. The number of fused-ring (bicyclic) bond motifs is 1. The molecule has 7 nitrogen and oxygen atoms in total. The molecule has 1 aromatic heterocycles. The van der Waals surface area contributed by atoms with E-state index in [1.165, 1.54) is 30.1 Å². The van der Waals surface area contributed by atoms with E-state index in [0.717, 1.165) is 12.1 Å². The van der Waals surface area contributed by atoms with Gasteiger partial charge in [0.1, 0.15) is 0 Å². The number of anilines is 3.